The maximum Gasteiger partial charge on any atom is 0.325 e. The van der Waals surface area contributed by atoms with Crippen LogP contribution < -0.4 is 5.32 Å². The van der Waals surface area contributed by atoms with Crippen LogP contribution in [0.2, 0.25) is 0 Å². The first-order chi connectivity index (χ1) is 10.0. The average Bonchev–Trinajstić information content (AvgIpc) is 2.98. The number of thiazole rings is 1. The van der Waals surface area contributed by atoms with Crippen LogP contribution in [0.3, 0.4) is 0 Å². The Labute approximate surface area is 125 Å². The van der Waals surface area contributed by atoms with E-state index < -0.39 is 11.6 Å². The minimum Gasteiger partial charge on any atom is -0.318 e. The van der Waals surface area contributed by atoms with Crippen LogP contribution in [-0.2, 0) is 16.9 Å². The molecule has 1 N–H and O–H groups in total. The number of aromatic nitrogens is 2. The van der Waals surface area contributed by atoms with Gasteiger partial charge in [-0.15, -0.1) is 11.3 Å². The summed E-state index contributed by atoms with van der Waals surface area (Å²) >= 11 is 1.49. The fourth-order valence-electron chi connectivity index (χ4n) is 2.32. The molecule has 21 heavy (non-hydrogen) atoms. The number of pyridine rings is 1. The Bertz CT molecular complexity index is 700. The predicted octanol–water partition coefficient (Wildman–Crippen LogP) is 1.81. The summed E-state index contributed by atoms with van der Waals surface area (Å²) in [4.78, 5) is 34.4. The topological polar surface area (TPSA) is 75.2 Å². The molecule has 6 nitrogen and oxygen atoms in total. The molecule has 3 rings (SSSR count). The van der Waals surface area contributed by atoms with Crippen LogP contribution in [0.5, 0.6) is 0 Å². The van der Waals surface area contributed by atoms with Crippen molar-refractivity contribution in [2.75, 3.05) is 0 Å². The zero-order valence-electron chi connectivity index (χ0n) is 11.7. The summed E-state index contributed by atoms with van der Waals surface area (Å²) < 4.78 is 0. The molecule has 0 spiro atoms. The van der Waals surface area contributed by atoms with Gasteiger partial charge in [0.15, 0.2) is 5.54 Å². The van der Waals surface area contributed by atoms with Crippen LogP contribution in [0.25, 0.3) is 0 Å². The molecular formula is C14H14N4O2S. The Balaban J connectivity index is 1.88. The molecule has 2 aromatic heterocycles. The van der Waals surface area contributed by atoms with E-state index in [9.17, 15) is 9.59 Å². The zero-order valence-corrected chi connectivity index (χ0v) is 12.5. The molecule has 1 saturated heterocycles. The average molecular weight is 302 g/mol. The Kier molecular flexibility index (Phi) is 3.21. The lowest BCUT2D eigenvalue weighted by Gasteiger charge is -2.20. The van der Waals surface area contributed by atoms with Gasteiger partial charge in [-0.25, -0.2) is 9.78 Å². The van der Waals surface area contributed by atoms with Crippen LogP contribution in [0.4, 0.5) is 4.79 Å². The molecule has 0 aliphatic carbocycles. The molecule has 0 bridgehead atoms. The minimum absolute atomic E-state index is 0.178. The number of carbonyl (C=O) groups excluding carboxylic acids is 2. The van der Waals surface area contributed by atoms with E-state index in [2.05, 4.69) is 15.3 Å². The second-order valence-electron chi connectivity index (χ2n) is 5.02. The number of hydrogen-bond acceptors (Lipinski definition) is 5. The van der Waals surface area contributed by atoms with Crippen LogP contribution in [0, 0.1) is 6.92 Å². The summed E-state index contributed by atoms with van der Waals surface area (Å²) in [7, 11) is 0. The normalized spacial score (nSPS) is 21.7. The molecule has 1 fully saturated rings. The van der Waals surface area contributed by atoms with Gasteiger partial charge in [0.1, 0.15) is 0 Å². The number of amides is 3. The third kappa shape index (κ3) is 2.29. The van der Waals surface area contributed by atoms with Gasteiger partial charge in [-0.3, -0.25) is 14.7 Å². The van der Waals surface area contributed by atoms with Crippen molar-refractivity contribution < 1.29 is 9.59 Å². The van der Waals surface area contributed by atoms with Crippen LogP contribution in [0.1, 0.15) is 23.3 Å². The summed E-state index contributed by atoms with van der Waals surface area (Å²) in [6.45, 7) is 3.73. The van der Waals surface area contributed by atoms with E-state index in [1.807, 2.05) is 12.3 Å². The first-order valence-corrected chi connectivity index (χ1v) is 7.35. The molecule has 0 saturated carbocycles. The van der Waals surface area contributed by atoms with Crippen molar-refractivity contribution in [3.8, 4) is 0 Å². The molecule has 7 heteroatoms. The maximum atomic E-state index is 12.6. The fraction of sp³-hybridized carbons (Fsp3) is 0.286. The number of urea groups is 1. The lowest BCUT2D eigenvalue weighted by molar-refractivity contribution is -0.131. The SMILES string of the molecule is Cc1nc(CN2C(=O)N[C@](C)(c3ccccn3)C2=O)cs1. The van der Waals surface area contributed by atoms with Crippen molar-refractivity contribution >= 4 is 23.3 Å². The van der Waals surface area contributed by atoms with Gasteiger partial charge in [0.2, 0.25) is 0 Å². The van der Waals surface area contributed by atoms with Gasteiger partial charge in [-0.2, -0.15) is 0 Å². The third-order valence-electron chi connectivity index (χ3n) is 3.44. The van der Waals surface area contributed by atoms with Crippen molar-refractivity contribution in [3.63, 3.8) is 0 Å². The molecule has 3 amide bonds. The van der Waals surface area contributed by atoms with Crippen LogP contribution >= 0.6 is 11.3 Å². The molecule has 0 radical (unpaired) electrons. The third-order valence-corrected chi connectivity index (χ3v) is 4.26. The fourth-order valence-corrected chi connectivity index (χ4v) is 2.92. The highest BCUT2D eigenvalue weighted by molar-refractivity contribution is 7.09. The number of carbonyl (C=O) groups is 2. The molecule has 2 aromatic rings. The molecule has 0 unspecified atom stereocenters. The summed E-state index contributed by atoms with van der Waals surface area (Å²) in [5.74, 6) is -0.308. The van der Waals surface area contributed by atoms with Gasteiger partial charge in [0, 0.05) is 11.6 Å². The number of imide groups is 1. The molecule has 1 aliphatic heterocycles. The summed E-state index contributed by atoms with van der Waals surface area (Å²) in [5, 5.41) is 5.48. The number of rotatable bonds is 3. The van der Waals surface area contributed by atoms with Gasteiger partial charge in [-0.05, 0) is 26.0 Å². The zero-order chi connectivity index (χ0) is 15.0. The summed E-state index contributed by atoms with van der Waals surface area (Å²) in [6.07, 6.45) is 1.60. The van der Waals surface area contributed by atoms with Crippen molar-refractivity contribution in [2.45, 2.75) is 25.9 Å². The van der Waals surface area contributed by atoms with Gasteiger partial charge in [-0.1, -0.05) is 6.07 Å². The van der Waals surface area contributed by atoms with Crippen molar-refractivity contribution in [1.29, 1.82) is 0 Å². The van der Waals surface area contributed by atoms with E-state index in [0.29, 0.717) is 11.4 Å². The lowest BCUT2D eigenvalue weighted by atomic mass is 9.97. The highest BCUT2D eigenvalue weighted by Gasteiger charge is 2.49. The Hall–Kier alpha value is -2.28. The van der Waals surface area contributed by atoms with Gasteiger partial charge >= 0.3 is 6.03 Å². The van der Waals surface area contributed by atoms with Crippen LogP contribution in [-0.4, -0.2) is 26.8 Å². The van der Waals surface area contributed by atoms with Crippen molar-refractivity contribution in [3.05, 3.63) is 46.2 Å². The summed E-state index contributed by atoms with van der Waals surface area (Å²) in [5.41, 5.74) is 0.121. The Morgan fingerprint density at radius 1 is 1.38 bits per heavy atom. The van der Waals surface area contributed by atoms with Gasteiger partial charge in [0.05, 0.1) is 22.9 Å². The molecular weight excluding hydrogens is 288 g/mol. The van der Waals surface area contributed by atoms with E-state index in [-0.39, 0.29) is 12.5 Å². The quantitative estimate of drug-likeness (QED) is 0.877. The standard InChI is InChI=1S/C14H14N4O2S/c1-9-16-10(8-21-9)7-18-12(19)14(2,17-13(18)20)11-5-3-4-6-15-11/h3-6,8H,7H2,1-2H3,(H,17,20)/t14-/m1/s1. The Morgan fingerprint density at radius 2 is 2.19 bits per heavy atom. The predicted molar refractivity (Wildman–Crippen MR) is 77.5 cm³/mol. The molecule has 1 aliphatic rings. The van der Waals surface area contributed by atoms with E-state index in [1.165, 1.54) is 16.2 Å². The Morgan fingerprint density at radius 3 is 2.81 bits per heavy atom. The summed E-state index contributed by atoms with van der Waals surface area (Å²) in [6, 6.07) is 4.87. The number of hydrogen-bond donors (Lipinski definition) is 1. The second-order valence-corrected chi connectivity index (χ2v) is 6.08. The van der Waals surface area contributed by atoms with Crippen molar-refractivity contribution in [1.82, 2.24) is 20.2 Å². The number of nitrogens with one attached hydrogen (secondary N) is 1. The number of nitrogens with zero attached hydrogens (tertiary/aromatic N) is 3. The maximum absolute atomic E-state index is 12.6. The minimum atomic E-state index is -1.12. The van der Waals surface area contributed by atoms with E-state index in [1.54, 1.807) is 31.3 Å². The van der Waals surface area contributed by atoms with Crippen LogP contribution in [0.15, 0.2) is 29.8 Å². The largest absolute Gasteiger partial charge is 0.325 e. The van der Waals surface area contributed by atoms with E-state index in [4.69, 9.17) is 0 Å². The highest BCUT2D eigenvalue weighted by atomic mass is 32.1. The molecule has 0 aromatic carbocycles. The first kappa shape index (κ1) is 13.7. The first-order valence-electron chi connectivity index (χ1n) is 6.47. The second kappa shape index (κ2) is 4.92. The highest BCUT2D eigenvalue weighted by Crippen LogP contribution is 2.28. The lowest BCUT2D eigenvalue weighted by Crippen LogP contribution is -2.41. The monoisotopic (exact) mass is 302 g/mol. The smallest absolute Gasteiger partial charge is 0.318 e. The van der Waals surface area contributed by atoms with E-state index >= 15 is 0 Å². The molecule has 108 valence electrons. The van der Waals surface area contributed by atoms with Gasteiger partial charge in [0.25, 0.3) is 5.91 Å². The van der Waals surface area contributed by atoms with Gasteiger partial charge < -0.3 is 5.32 Å². The molecule has 1 atom stereocenters. The van der Waals surface area contributed by atoms with E-state index in [0.717, 1.165) is 5.01 Å². The molecule has 3 heterocycles. The number of aryl methyl sites for hydroxylation is 1. The van der Waals surface area contributed by atoms with Crippen molar-refractivity contribution in [2.24, 2.45) is 0 Å².